The summed E-state index contributed by atoms with van der Waals surface area (Å²) in [5.41, 5.74) is 0.303. The molecule has 2 nitrogen and oxygen atoms in total. The van der Waals surface area contributed by atoms with Crippen molar-refractivity contribution in [3.05, 3.63) is 17.0 Å². The Bertz CT molecular complexity index is 296. The van der Waals surface area contributed by atoms with Crippen LogP contribution in [0.3, 0.4) is 0 Å². The highest BCUT2D eigenvalue weighted by molar-refractivity contribution is 7.13. The van der Waals surface area contributed by atoms with Gasteiger partial charge in [0.15, 0.2) is 5.06 Å². The fourth-order valence-corrected chi connectivity index (χ4v) is 2.72. The predicted molar refractivity (Wildman–Crippen MR) is 71.3 cm³/mol. The Balaban J connectivity index is 2.55. The molecule has 0 atom stereocenters. The van der Waals surface area contributed by atoms with Crippen molar-refractivity contribution < 1.29 is 4.74 Å². The van der Waals surface area contributed by atoms with Gasteiger partial charge in [0, 0.05) is 17.0 Å². The van der Waals surface area contributed by atoms with Gasteiger partial charge >= 0.3 is 0 Å². The number of methoxy groups -OCH3 is 1. The van der Waals surface area contributed by atoms with Gasteiger partial charge in [0.1, 0.15) is 0 Å². The summed E-state index contributed by atoms with van der Waals surface area (Å²) in [6.45, 7) is 7.72. The molecule has 0 unspecified atom stereocenters. The lowest BCUT2D eigenvalue weighted by molar-refractivity contribution is 0.289. The van der Waals surface area contributed by atoms with Gasteiger partial charge in [-0.25, -0.2) is 0 Å². The van der Waals surface area contributed by atoms with Gasteiger partial charge in [-0.2, -0.15) is 0 Å². The third kappa shape index (κ3) is 3.22. The average Bonchev–Trinajstić information content (AvgIpc) is 2.80. The van der Waals surface area contributed by atoms with Crippen LogP contribution in [0, 0.1) is 0 Å². The Morgan fingerprint density at radius 3 is 2.25 bits per heavy atom. The van der Waals surface area contributed by atoms with Crippen molar-refractivity contribution in [3.63, 3.8) is 0 Å². The van der Waals surface area contributed by atoms with Crippen molar-refractivity contribution in [3.8, 4) is 5.06 Å². The number of nitrogens with one attached hydrogen (secondary N) is 1. The summed E-state index contributed by atoms with van der Waals surface area (Å²) < 4.78 is 5.20. The molecular weight excluding hydrogens is 218 g/mol. The first kappa shape index (κ1) is 13.5. The van der Waals surface area contributed by atoms with Crippen LogP contribution >= 0.6 is 11.3 Å². The molecule has 0 aliphatic rings. The van der Waals surface area contributed by atoms with Crippen molar-refractivity contribution in [2.75, 3.05) is 7.11 Å². The molecule has 0 bridgehead atoms. The second kappa shape index (κ2) is 6.26. The van der Waals surface area contributed by atoms with Crippen LogP contribution in [0.1, 0.15) is 44.9 Å². The first-order valence-electron chi connectivity index (χ1n) is 6.07. The quantitative estimate of drug-likeness (QED) is 0.783. The number of rotatable bonds is 7. The average molecular weight is 241 g/mol. The van der Waals surface area contributed by atoms with Crippen LogP contribution < -0.4 is 10.1 Å². The van der Waals surface area contributed by atoms with Crippen LogP contribution in [0.2, 0.25) is 0 Å². The topological polar surface area (TPSA) is 21.3 Å². The van der Waals surface area contributed by atoms with Crippen LogP contribution in [0.25, 0.3) is 0 Å². The summed E-state index contributed by atoms with van der Waals surface area (Å²) in [5, 5.41) is 4.68. The molecule has 0 saturated carbocycles. The molecule has 1 heterocycles. The fraction of sp³-hybridized carbons (Fsp3) is 0.692. The molecule has 0 radical (unpaired) electrons. The molecule has 0 aliphatic carbocycles. The van der Waals surface area contributed by atoms with Gasteiger partial charge in [-0.1, -0.05) is 20.8 Å². The van der Waals surface area contributed by atoms with Crippen molar-refractivity contribution in [2.24, 2.45) is 0 Å². The zero-order valence-corrected chi connectivity index (χ0v) is 11.6. The maximum atomic E-state index is 5.20. The summed E-state index contributed by atoms with van der Waals surface area (Å²) >= 11 is 1.72. The lowest BCUT2D eigenvalue weighted by Gasteiger charge is -2.31. The van der Waals surface area contributed by atoms with Gasteiger partial charge in [-0.15, -0.1) is 11.3 Å². The van der Waals surface area contributed by atoms with Gasteiger partial charge in [0.05, 0.1) is 7.11 Å². The Morgan fingerprint density at radius 2 is 1.81 bits per heavy atom. The second-order valence-electron chi connectivity index (χ2n) is 4.12. The van der Waals surface area contributed by atoms with Crippen LogP contribution in [0.15, 0.2) is 12.1 Å². The molecule has 0 aromatic carbocycles. The second-order valence-corrected chi connectivity index (χ2v) is 5.25. The summed E-state index contributed by atoms with van der Waals surface area (Å²) in [7, 11) is 1.72. The van der Waals surface area contributed by atoms with Crippen molar-refractivity contribution >= 4 is 11.3 Å². The SMILES string of the molecule is CCC(CC)(CC)NCc1ccc(OC)s1. The van der Waals surface area contributed by atoms with E-state index in [2.05, 4.69) is 32.2 Å². The number of ether oxygens (including phenoxy) is 1. The highest BCUT2D eigenvalue weighted by Crippen LogP contribution is 2.25. The van der Waals surface area contributed by atoms with Crippen LogP contribution in [-0.4, -0.2) is 12.6 Å². The van der Waals surface area contributed by atoms with E-state index in [1.54, 1.807) is 18.4 Å². The summed E-state index contributed by atoms with van der Waals surface area (Å²) in [4.78, 5) is 1.34. The van der Waals surface area contributed by atoms with Gasteiger partial charge in [0.25, 0.3) is 0 Å². The standard InChI is InChI=1S/C13H23NOS/c1-5-13(6-2,7-3)14-10-11-8-9-12(15-4)16-11/h8-9,14H,5-7,10H2,1-4H3. The van der Waals surface area contributed by atoms with E-state index in [0.717, 1.165) is 11.6 Å². The van der Waals surface area contributed by atoms with Gasteiger partial charge in [0.2, 0.25) is 0 Å². The number of hydrogen-bond acceptors (Lipinski definition) is 3. The molecule has 0 amide bonds. The minimum absolute atomic E-state index is 0.303. The zero-order valence-electron chi connectivity index (χ0n) is 10.8. The number of thiophene rings is 1. The third-order valence-corrected chi connectivity index (χ3v) is 4.55. The summed E-state index contributed by atoms with van der Waals surface area (Å²) in [5.74, 6) is 0. The molecule has 0 spiro atoms. The van der Waals surface area contributed by atoms with E-state index in [4.69, 9.17) is 4.74 Å². The molecule has 3 heteroatoms. The minimum Gasteiger partial charge on any atom is -0.487 e. The summed E-state index contributed by atoms with van der Waals surface area (Å²) in [6.07, 6.45) is 3.55. The smallest absolute Gasteiger partial charge is 0.173 e. The van der Waals surface area contributed by atoms with Crippen LogP contribution in [0.4, 0.5) is 0 Å². The molecule has 0 aliphatic heterocycles. The van der Waals surface area contributed by atoms with Crippen LogP contribution in [0.5, 0.6) is 5.06 Å². The Kier molecular flexibility index (Phi) is 5.29. The molecule has 0 fully saturated rings. The van der Waals surface area contributed by atoms with Crippen molar-refractivity contribution in [1.29, 1.82) is 0 Å². The van der Waals surface area contributed by atoms with Gasteiger partial charge < -0.3 is 10.1 Å². The molecular formula is C13H23NOS. The Morgan fingerprint density at radius 1 is 1.19 bits per heavy atom. The van der Waals surface area contributed by atoms with E-state index >= 15 is 0 Å². The Labute approximate surface area is 103 Å². The van der Waals surface area contributed by atoms with Crippen molar-refractivity contribution in [2.45, 2.75) is 52.1 Å². The van der Waals surface area contributed by atoms with Gasteiger partial charge in [-0.3, -0.25) is 0 Å². The van der Waals surface area contributed by atoms with E-state index in [0.29, 0.717) is 5.54 Å². The molecule has 92 valence electrons. The molecule has 16 heavy (non-hydrogen) atoms. The van der Waals surface area contributed by atoms with E-state index < -0.39 is 0 Å². The monoisotopic (exact) mass is 241 g/mol. The first-order valence-corrected chi connectivity index (χ1v) is 6.89. The Hall–Kier alpha value is -0.540. The number of hydrogen-bond donors (Lipinski definition) is 1. The van der Waals surface area contributed by atoms with E-state index in [1.165, 1.54) is 24.1 Å². The van der Waals surface area contributed by atoms with Crippen LogP contribution in [-0.2, 0) is 6.54 Å². The largest absolute Gasteiger partial charge is 0.487 e. The van der Waals surface area contributed by atoms with E-state index in [-0.39, 0.29) is 0 Å². The normalized spacial score (nSPS) is 11.8. The molecule has 1 aromatic heterocycles. The molecule has 0 saturated heterocycles. The highest BCUT2D eigenvalue weighted by atomic mass is 32.1. The zero-order chi connectivity index (χ0) is 12.0. The van der Waals surface area contributed by atoms with E-state index in [9.17, 15) is 0 Å². The summed E-state index contributed by atoms with van der Waals surface area (Å²) in [6, 6.07) is 4.18. The van der Waals surface area contributed by atoms with Gasteiger partial charge in [-0.05, 0) is 31.4 Å². The highest BCUT2D eigenvalue weighted by Gasteiger charge is 2.22. The maximum absolute atomic E-state index is 5.20. The van der Waals surface area contributed by atoms with E-state index in [1.807, 2.05) is 6.07 Å². The lowest BCUT2D eigenvalue weighted by atomic mass is 9.90. The third-order valence-electron chi connectivity index (χ3n) is 3.51. The fourth-order valence-electron chi connectivity index (χ4n) is 1.96. The molecule has 1 aromatic rings. The maximum Gasteiger partial charge on any atom is 0.173 e. The minimum atomic E-state index is 0.303. The first-order chi connectivity index (χ1) is 7.69. The predicted octanol–water partition coefficient (Wildman–Crippen LogP) is 3.82. The lowest BCUT2D eigenvalue weighted by Crippen LogP contribution is -2.42. The van der Waals surface area contributed by atoms with Crippen molar-refractivity contribution in [1.82, 2.24) is 5.32 Å². The molecule has 1 rings (SSSR count). The molecule has 1 N–H and O–H groups in total.